The van der Waals surface area contributed by atoms with Crippen molar-refractivity contribution in [2.45, 2.75) is 26.7 Å². The summed E-state index contributed by atoms with van der Waals surface area (Å²) >= 11 is 0. The Kier molecular flexibility index (Phi) is 2.93. The lowest BCUT2D eigenvalue weighted by Crippen LogP contribution is -2.33. The van der Waals surface area contributed by atoms with Crippen molar-refractivity contribution in [1.82, 2.24) is 0 Å². The van der Waals surface area contributed by atoms with Gasteiger partial charge < -0.3 is 10.2 Å². The van der Waals surface area contributed by atoms with Gasteiger partial charge in [-0.15, -0.1) is 0 Å². The molecule has 0 fully saturated rings. The Morgan fingerprint density at radius 1 is 1.21 bits per heavy atom. The monoisotopic (exact) mass is 198 g/mol. The second-order valence-electron chi connectivity index (χ2n) is 3.76. The zero-order chi connectivity index (χ0) is 10.9. The summed E-state index contributed by atoms with van der Waals surface area (Å²) in [6, 6.07) is 0. The molecule has 0 radical (unpaired) electrons. The Balaban J connectivity index is 3.05. The molecule has 4 heteroatoms. The summed E-state index contributed by atoms with van der Waals surface area (Å²) in [5.74, 6) is -3.66. The summed E-state index contributed by atoms with van der Waals surface area (Å²) in [4.78, 5) is 21.8. The molecule has 2 atom stereocenters. The Hall–Kier alpha value is -1.32. The number of allylic oxidation sites excluding steroid dienone is 1. The minimum absolute atomic E-state index is 0.426. The number of carboxylic acid groups (broad SMARTS) is 2. The molecule has 0 saturated heterocycles. The molecule has 1 aliphatic carbocycles. The molecule has 14 heavy (non-hydrogen) atoms. The van der Waals surface area contributed by atoms with E-state index in [4.69, 9.17) is 10.2 Å². The first kappa shape index (κ1) is 10.8. The van der Waals surface area contributed by atoms with Crippen molar-refractivity contribution in [3.63, 3.8) is 0 Å². The predicted octanol–water partition coefficient (Wildman–Crippen LogP) is 1.52. The smallest absolute Gasteiger partial charge is 0.311 e. The van der Waals surface area contributed by atoms with E-state index >= 15 is 0 Å². The predicted molar refractivity (Wildman–Crippen MR) is 49.9 cm³/mol. The minimum atomic E-state index is -1.03. The molecule has 0 aromatic rings. The molecule has 0 aromatic carbocycles. The molecule has 0 heterocycles. The van der Waals surface area contributed by atoms with Crippen LogP contribution in [0.4, 0.5) is 0 Å². The number of hydrogen-bond donors (Lipinski definition) is 2. The third-order valence-electron chi connectivity index (χ3n) is 2.96. The summed E-state index contributed by atoms with van der Waals surface area (Å²) in [6.45, 7) is 3.58. The van der Waals surface area contributed by atoms with E-state index in [-0.39, 0.29) is 0 Å². The van der Waals surface area contributed by atoms with E-state index in [9.17, 15) is 9.59 Å². The molecule has 0 saturated carbocycles. The highest BCUT2D eigenvalue weighted by Gasteiger charge is 2.37. The van der Waals surface area contributed by atoms with Gasteiger partial charge in [0.15, 0.2) is 0 Å². The number of carbonyl (C=O) groups is 2. The fraction of sp³-hybridized carbons (Fsp3) is 0.600. The maximum atomic E-state index is 10.9. The van der Waals surface area contributed by atoms with Crippen molar-refractivity contribution < 1.29 is 19.8 Å². The molecular formula is C10H14O4. The number of hydrogen-bond acceptors (Lipinski definition) is 2. The van der Waals surface area contributed by atoms with Gasteiger partial charge in [-0.2, -0.15) is 0 Å². The Morgan fingerprint density at radius 2 is 1.79 bits per heavy atom. The standard InChI is InChI=1S/C10H14O4/c1-5-3-4-7(9(11)12)8(6(5)2)10(13)14/h7-8H,3-4H2,1-2H3,(H,11,12)(H,13,14)/t7-,8-/m1/s1. The highest BCUT2D eigenvalue weighted by Crippen LogP contribution is 2.34. The van der Waals surface area contributed by atoms with Gasteiger partial charge in [0.05, 0.1) is 11.8 Å². The van der Waals surface area contributed by atoms with Gasteiger partial charge in [0.25, 0.3) is 0 Å². The topological polar surface area (TPSA) is 74.6 Å². The molecule has 4 nitrogen and oxygen atoms in total. The van der Waals surface area contributed by atoms with Crippen molar-refractivity contribution in [2.75, 3.05) is 0 Å². The summed E-state index contributed by atoms with van der Waals surface area (Å²) in [5.41, 5.74) is 1.71. The van der Waals surface area contributed by atoms with Gasteiger partial charge in [0.2, 0.25) is 0 Å². The van der Waals surface area contributed by atoms with Crippen molar-refractivity contribution >= 4 is 11.9 Å². The van der Waals surface area contributed by atoms with Gasteiger partial charge in [0, 0.05) is 0 Å². The third-order valence-corrected chi connectivity index (χ3v) is 2.96. The van der Waals surface area contributed by atoms with Crippen LogP contribution >= 0.6 is 0 Å². The van der Waals surface area contributed by atoms with Crippen molar-refractivity contribution in [3.8, 4) is 0 Å². The van der Waals surface area contributed by atoms with Crippen molar-refractivity contribution in [3.05, 3.63) is 11.1 Å². The van der Waals surface area contributed by atoms with Crippen LogP contribution in [0, 0.1) is 11.8 Å². The summed E-state index contributed by atoms with van der Waals surface area (Å²) in [5, 5.41) is 17.8. The largest absolute Gasteiger partial charge is 0.481 e. The van der Waals surface area contributed by atoms with Crippen LogP contribution in [0.3, 0.4) is 0 Å². The van der Waals surface area contributed by atoms with Gasteiger partial charge in [-0.3, -0.25) is 9.59 Å². The van der Waals surface area contributed by atoms with Gasteiger partial charge in [-0.05, 0) is 26.7 Å². The summed E-state index contributed by atoms with van der Waals surface area (Å²) in [7, 11) is 0. The minimum Gasteiger partial charge on any atom is -0.481 e. The molecule has 0 amide bonds. The number of rotatable bonds is 2. The van der Waals surface area contributed by atoms with E-state index in [2.05, 4.69) is 0 Å². The molecule has 78 valence electrons. The third kappa shape index (κ3) is 1.78. The Bertz CT molecular complexity index is 303. The average Bonchev–Trinajstić information content (AvgIpc) is 2.08. The first-order valence-corrected chi connectivity index (χ1v) is 4.57. The van der Waals surface area contributed by atoms with Crippen molar-refractivity contribution in [1.29, 1.82) is 0 Å². The lowest BCUT2D eigenvalue weighted by Gasteiger charge is -2.27. The van der Waals surface area contributed by atoms with E-state index in [1.165, 1.54) is 0 Å². The fourth-order valence-corrected chi connectivity index (χ4v) is 1.93. The van der Waals surface area contributed by atoms with Crippen molar-refractivity contribution in [2.24, 2.45) is 11.8 Å². The first-order valence-electron chi connectivity index (χ1n) is 4.57. The number of carboxylic acids is 2. The second-order valence-corrected chi connectivity index (χ2v) is 3.76. The normalized spacial score (nSPS) is 27.6. The van der Waals surface area contributed by atoms with Crippen LogP contribution in [0.5, 0.6) is 0 Å². The van der Waals surface area contributed by atoms with E-state index in [0.29, 0.717) is 18.4 Å². The lowest BCUT2D eigenvalue weighted by molar-refractivity contribution is -0.152. The van der Waals surface area contributed by atoms with Crippen LogP contribution in [0.25, 0.3) is 0 Å². The van der Waals surface area contributed by atoms with Gasteiger partial charge >= 0.3 is 11.9 Å². The molecule has 0 spiro atoms. The lowest BCUT2D eigenvalue weighted by atomic mass is 9.76. The molecule has 1 aliphatic rings. The van der Waals surface area contributed by atoms with Crippen LogP contribution < -0.4 is 0 Å². The quantitative estimate of drug-likeness (QED) is 0.659. The summed E-state index contributed by atoms with van der Waals surface area (Å²) in [6.07, 6.45) is 1.11. The molecule has 0 unspecified atom stereocenters. The molecule has 1 rings (SSSR count). The van der Waals surface area contributed by atoms with Gasteiger partial charge in [-0.1, -0.05) is 11.1 Å². The highest BCUT2D eigenvalue weighted by atomic mass is 16.4. The summed E-state index contributed by atoms with van der Waals surface area (Å²) < 4.78 is 0. The van der Waals surface area contributed by atoms with Crippen LogP contribution in [0.15, 0.2) is 11.1 Å². The fourth-order valence-electron chi connectivity index (χ4n) is 1.93. The van der Waals surface area contributed by atoms with E-state index < -0.39 is 23.8 Å². The molecule has 0 aromatic heterocycles. The first-order chi connectivity index (χ1) is 6.45. The number of aliphatic carboxylic acids is 2. The molecular weight excluding hydrogens is 184 g/mol. The maximum absolute atomic E-state index is 10.9. The molecule has 2 N–H and O–H groups in total. The van der Waals surface area contributed by atoms with E-state index in [1.807, 2.05) is 6.92 Å². The highest BCUT2D eigenvalue weighted by molar-refractivity contribution is 5.83. The van der Waals surface area contributed by atoms with E-state index in [0.717, 1.165) is 5.57 Å². The van der Waals surface area contributed by atoms with Crippen LogP contribution in [0.1, 0.15) is 26.7 Å². The zero-order valence-corrected chi connectivity index (χ0v) is 8.28. The average molecular weight is 198 g/mol. The SMILES string of the molecule is CC1=C(C)[C@@H](C(=O)O)[C@H](C(=O)O)CC1. The zero-order valence-electron chi connectivity index (χ0n) is 8.28. The Morgan fingerprint density at radius 3 is 2.21 bits per heavy atom. The van der Waals surface area contributed by atoms with Crippen LogP contribution in [-0.2, 0) is 9.59 Å². The molecule has 0 bridgehead atoms. The van der Waals surface area contributed by atoms with Crippen LogP contribution in [0.2, 0.25) is 0 Å². The van der Waals surface area contributed by atoms with Gasteiger partial charge in [0.1, 0.15) is 0 Å². The van der Waals surface area contributed by atoms with Crippen LogP contribution in [-0.4, -0.2) is 22.2 Å². The second kappa shape index (κ2) is 3.82. The maximum Gasteiger partial charge on any atom is 0.311 e. The molecule has 0 aliphatic heterocycles. The van der Waals surface area contributed by atoms with E-state index in [1.54, 1.807) is 6.92 Å². The Labute approximate surface area is 82.2 Å². The van der Waals surface area contributed by atoms with Gasteiger partial charge in [-0.25, -0.2) is 0 Å².